The summed E-state index contributed by atoms with van der Waals surface area (Å²) in [5, 5.41) is 25.9. The van der Waals surface area contributed by atoms with Gasteiger partial charge in [-0.05, 0) is 62.0 Å². The third-order valence-electron chi connectivity index (χ3n) is 6.74. The number of hydrogen-bond acceptors (Lipinski definition) is 10. The molecular weight excluding hydrogens is 642 g/mol. The Hall–Kier alpha value is -4.66. The molecule has 1 heterocycles. The van der Waals surface area contributed by atoms with Gasteiger partial charge in [0.2, 0.25) is 0 Å². The van der Waals surface area contributed by atoms with Crippen LogP contribution in [0.2, 0.25) is 5.02 Å². The Morgan fingerprint density at radius 1 is 1.04 bits per heavy atom. The van der Waals surface area contributed by atoms with E-state index in [1.54, 1.807) is 24.1 Å². The highest BCUT2D eigenvalue weighted by Crippen LogP contribution is 2.47. The fourth-order valence-corrected chi connectivity index (χ4v) is 6.02. The van der Waals surface area contributed by atoms with Crippen LogP contribution in [0.15, 0.2) is 71.6 Å². The highest BCUT2D eigenvalue weighted by Gasteiger charge is 2.42. The normalized spacial score (nSPS) is 15.6. The van der Waals surface area contributed by atoms with Crippen LogP contribution in [0.4, 0.5) is 11.4 Å². The minimum absolute atomic E-state index is 0.110. The van der Waals surface area contributed by atoms with Crippen molar-refractivity contribution >= 4 is 58.6 Å². The summed E-state index contributed by atoms with van der Waals surface area (Å²) in [6.07, 6.45) is -0.304. The molecule has 0 fully saturated rings. The Balaban J connectivity index is 0.000000875. The average molecular weight is 674 g/mol. The maximum atomic E-state index is 14.3. The highest BCUT2D eigenvalue weighted by atomic mass is 35.5. The lowest BCUT2D eigenvalue weighted by Crippen LogP contribution is -2.45. The van der Waals surface area contributed by atoms with Crippen LogP contribution in [0.25, 0.3) is 0 Å². The Kier molecular flexibility index (Phi) is 12.9. The standard InChI is InChI=1S/C29H30ClN3O6S.C2H2O4/c1-4-15-31(2)16-17-32-23-7-5-6-8-25(23)40-27(19-9-12-21(38-3)13-10-19)26(28(32)34)39-29(35)22-14-11-20(30)18-24(22)33(36)37;3-1(4)2(5)6/h5-14,18,26-27H,4,15-17H2,1-3H3;(H,3,4)(H,5,6)/t26-,27+;/m0./s1. The van der Waals surface area contributed by atoms with E-state index in [-0.39, 0.29) is 10.6 Å². The first-order valence-corrected chi connectivity index (χ1v) is 15.1. The fraction of sp³-hybridized carbons (Fsp3) is 0.290. The third-order valence-corrected chi connectivity index (χ3v) is 8.35. The van der Waals surface area contributed by atoms with Crippen molar-refractivity contribution in [1.82, 2.24) is 4.90 Å². The summed E-state index contributed by atoms with van der Waals surface area (Å²) in [6, 6.07) is 18.5. The number of nitro groups is 1. The van der Waals surface area contributed by atoms with E-state index in [2.05, 4.69) is 11.8 Å². The van der Waals surface area contributed by atoms with Gasteiger partial charge in [-0.3, -0.25) is 14.9 Å². The molecule has 3 aromatic carbocycles. The van der Waals surface area contributed by atoms with Crippen molar-refractivity contribution in [2.75, 3.05) is 38.7 Å². The van der Waals surface area contributed by atoms with Crippen molar-refractivity contribution in [2.24, 2.45) is 0 Å². The number of carbonyl (C=O) groups is 4. The van der Waals surface area contributed by atoms with Crippen LogP contribution < -0.4 is 9.64 Å². The Morgan fingerprint density at radius 2 is 1.70 bits per heavy atom. The summed E-state index contributed by atoms with van der Waals surface area (Å²) in [6.45, 7) is 3.93. The zero-order valence-electron chi connectivity index (χ0n) is 25.1. The summed E-state index contributed by atoms with van der Waals surface area (Å²) >= 11 is 7.35. The molecule has 1 aliphatic heterocycles. The second-order valence-electron chi connectivity index (χ2n) is 9.93. The molecule has 2 N–H and O–H groups in total. The summed E-state index contributed by atoms with van der Waals surface area (Å²) in [5.74, 6) is -4.40. The maximum absolute atomic E-state index is 14.3. The summed E-state index contributed by atoms with van der Waals surface area (Å²) in [4.78, 5) is 61.5. The minimum atomic E-state index is -1.82. The third kappa shape index (κ3) is 9.19. The molecule has 2 atom stereocenters. The monoisotopic (exact) mass is 673 g/mol. The number of likely N-dealkylation sites (N-methyl/N-ethyl adjacent to an activating group) is 1. The van der Waals surface area contributed by atoms with Crippen molar-refractivity contribution in [3.8, 4) is 5.75 Å². The number of hydrogen-bond donors (Lipinski definition) is 2. The number of nitrogens with zero attached hydrogens (tertiary/aromatic N) is 3. The average Bonchev–Trinajstić information content (AvgIpc) is 3.14. The largest absolute Gasteiger partial charge is 0.497 e. The van der Waals surface area contributed by atoms with Gasteiger partial charge in [0.15, 0.2) is 6.10 Å². The number of aliphatic carboxylic acids is 2. The molecule has 0 spiro atoms. The first-order valence-electron chi connectivity index (χ1n) is 13.9. The molecule has 4 rings (SSSR count). The van der Waals surface area contributed by atoms with Crippen molar-refractivity contribution in [3.05, 3.63) is 93.0 Å². The second-order valence-corrected chi connectivity index (χ2v) is 11.5. The number of carboxylic acid groups (broad SMARTS) is 2. The predicted octanol–water partition coefficient (Wildman–Crippen LogP) is 5.16. The summed E-state index contributed by atoms with van der Waals surface area (Å²) in [5.41, 5.74) is 0.685. The van der Waals surface area contributed by atoms with Gasteiger partial charge in [-0.25, -0.2) is 14.4 Å². The van der Waals surface area contributed by atoms with E-state index in [0.717, 1.165) is 35.2 Å². The number of anilines is 1. The Morgan fingerprint density at radius 3 is 2.28 bits per heavy atom. The van der Waals surface area contributed by atoms with Crippen LogP contribution in [0.3, 0.4) is 0 Å². The zero-order valence-corrected chi connectivity index (χ0v) is 26.7. The summed E-state index contributed by atoms with van der Waals surface area (Å²) < 4.78 is 11.2. The molecular formula is C31H32ClN3O10S. The number of methoxy groups -OCH3 is 1. The topological polar surface area (TPSA) is 177 Å². The van der Waals surface area contributed by atoms with Crippen LogP contribution >= 0.6 is 23.4 Å². The van der Waals surface area contributed by atoms with E-state index in [1.165, 1.54) is 23.9 Å². The number of carboxylic acids is 2. The molecule has 13 nitrogen and oxygen atoms in total. The van der Waals surface area contributed by atoms with E-state index in [4.69, 9.17) is 40.9 Å². The first kappa shape index (κ1) is 35.8. The number of para-hydroxylation sites is 1. The molecule has 0 bridgehead atoms. The van der Waals surface area contributed by atoms with Crippen LogP contribution in [0, 0.1) is 10.1 Å². The van der Waals surface area contributed by atoms with Gasteiger partial charge in [0.1, 0.15) is 11.3 Å². The lowest BCUT2D eigenvalue weighted by Gasteiger charge is -2.29. The van der Waals surface area contributed by atoms with E-state index >= 15 is 0 Å². The zero-order chi connectivity index (χ0) is 34.0. The van der Waals surface area contributed by atoms with E-state index < -0.39 is 45.8 Å². The molecule has 0 unspecified atom stereocenters. The molecule has 0 aromatic heterocycles. The van der Waals surface area contributed by atoms with Crippen LogP contribution in [-0.4, -0.2) is 83.7 Å². The first-order chi connectivity index (χ1) is 21.9. The molecule has 1 aliphatic rings. The van der Waals surface area contributed by atoms with Crippen molar-refractivity contribution in [2.45, 2.75) is 29.6 Å². The second kappa shape index (κ2) is 16.6. The maximum Gasteiger partial charge on any atom is 0.414 e. The highest BCUT2D eigenvalue weighted by molar-refractivity contribution is 7.99. The molecule has 1 amide bonds. The smallest absolute Gasteiger partial charge is 0.414 e. The van der Waals surface area contributed by atoms with E-state index in [1.807, 2.05) is 43.4 Å². The van der Waals surface area contributed by atoms with Gasteiger partial charge in [0.05, 0.1) is 23.0 Å². The number of ether oxygens (including phenoxy) is 2. The van der Waals surface area contributed by atoms with Crippen molar-refractivity contribution < 1.29 is 43.8 Å². The van der Waals surface area contributed by atoms with Gasteiger partial charge >= 0.3 is 17.9 Å². The van der Waals surface area contributed by atoms with Crippen LogP contribution in [-0.2, 0) is 19.1 Å². The quantitative estimate of drug-likeness (QED) is 0.125. The van der Waals surface area contributed by atoms with Gasteiger partial charge in [-0.1, -0.05) is 42.8 Å². The molecule has 0 radical (unpaired) electrons. The number of fused-ring (bicyclic) bond motifs is 1. The van der Waals surface area contributed by atoms with Crippen molar-refractivity contribution in [3.63, 3.8) is 0 Å². The lowest BCUT2D eigenvalue weighted by atomic mass is 10.0. The number of carbonyl (C=O) groups excluding carboxylic acids is 2. The van der Waals surface area contributed by atoms with Crippen molar-refractivity contribution in [1.29, 1.82) is 0 Å². The van der Waals surface area contributed by atoms with Crippen LogP contribution in [0.5, 0.6) is 5.75 Å². The van der Waals surface area contributed by atoms with Gasteiger partial charge in [-0.15, -0.1) is 11.8 Å². The number of thioether (sulfide) groups is 1. The number of nitro benzene ring substituents is 1. The number of esters is 1. The molecule has 3 aromatic rings. The van der Waals surface area contributed by atoms with Gasteiger partial charge in [0.25, 0.3) is 11.6 Å². The number of benzene rings is 3. The Bertz CT molecular complexity index is 1570. The SMILES string of the molecule is CCCN(C)CCN1C(=O)[C@@H](OC(=O)c2ccc(Cl)cc2[N+](=O)[O-])[C@@H](c2ccc(OC)cc2)Sc2ccccc21.O=C(O)C(=O)O. The minimum Gasteiger partial charge on any atom is -0.497 e. The molecule has 244 valence electrons. The molecule has 0 aliphatic carbocycles. The van der Waals surface area contributed by atoms with E-state index in [0.29, 0.717) is 18.8 Å². The molecule has 0 saturated heterocycles. The van der Waals surface area contributed by atoms with Crippen LogP contribution in [0.1, 0.15) is 34.5 Å². The predicted molar refractivity (Wildman–Crippen MR) is 171 cm³/mol. The number of amides is 1. The van der Waals surface area contributed by atoms with Gasteiger partial charge in [0, 0.05) is 29.1 Å². The molecule has 15 heteroatoms. The van der Waals surface area contributed by atoms with E-state index in [9.17, 15) is 19.7 Å². The lowest BCUT2D eigenvalue weighted by molar-refractivity contribution is -0.385. The molecule has 0 saturated carbocycles. The van der Waals surface area contributed by atoms with Gasteiger partial charge in [-0.2, -0.15) is 0 Å². The number of rotatable bonds is 10. The fourth-order valence-electron chi connectivity index (χ4n) is 4.53. The summed E-state index contributed by atoms with van der Waals surface area (Å²) in [7, 11) is 3.55. The molecule has 46 heavy (non-hydrogen) atoms. The van der Waals surface area contributed by atoms with Gasteiger partial charge < -0.3 is 29.5 Å². The number of halogens is 1. The Labute approximate surface area is 273 Å².